The lowest BCUT2D eigenvalue weighted by Crippen LogP contribution is -2.37. The zero-order valence-corrected chi connectivity index (χ0v) is 24.9. The predicted molar refractivity (Wildman–Crippen MR) is 161 cm³/mol. The van der Waals surface area contributed by atoms with E-state index in [2.05, 4.69) is 10.3 Å². The van der Waals surface area contributed by atoms with Crippen LogP contribution in [0.5, 0.6) is 0 Å². The molecule has 9 nitrogen and oxygen atoms in total. The zero-order valence-electron chi connectivity index (χ0n) is 23.4. The van der Waals surface area contributed by atoms with Gasteiger partial charge in [-0.05, 0) is 25.0 Å². The molecule has 0 saturated carbocycles. The number of rotatable bonds is 16. The van der Waals surface area contributed by atoms with Gasteiger partial charge in [0.1, 0.15) is 12.9 Å². The van der Waals surface area contributed by atoms with E-state index in [-0.39, 0.29) is 11.8 Å². The van der Waals surface area contributed by atoms with Crippen molar-refractivity contribution in [1.82, 2.24) is 25.0 Å². The molecule has 0 fully saturated rings. The molecule has 0 atom stereocenters. The van der Waals surface area contributed by atoms with E-state index in [1.807, 2.05) is 12.3 Å². The van der Waals surface area contributed by atoms with Gasteiger partial charge in [-0.25, -0.2) is 0 Å². The Morgan fingerprint density at radius 1 is 1.10 bits per heavy atom. The number of carbonyl (C=O) groups excluding carboxylic acids is 3. The minimum absolute atomic E-state index is 0.0540. The highest BCUT2D eigenvalue weighted by atomic mass is 35.5. The van der Waals surface area contributed by atoms with Gasteiger partial charge in [0.15, 0.2) is 0 Å². The standard InChI is InChI=1S/C30H39Cl2N5O4/c31-23-18-21(28-22-19-36(27(41)20-39)14-11-24(22)34-30(28)29(23)32)25-12-15-37(35-25)16-13-33-26(40)10-8-6-4-2-1-3-5-7-9-17-38/h12,15,17-18,34,39H,1-11,13-14,16,19-20H2,(H,33,40). The van der Waals surface area contributed by atoms with E-state index in [1.165, 1.54) is 19.3 Å². The van der Waals surface area contributed by atoms with E-state index in [1.54, 1.807) is 15.6 Å². The van der Waals surface area contributed by atoms with Crippen molar-refractivity contribution >= 4 is 52.2 Å². The van der Waals surface area contributed by atoms with Crippen molar-refractivity contribution in [2.75, 3.05) is 19.7 Å². The number of nitrogens with zero attached hydrogens (tertiary/aromatic N) is 3. The quantitative estimate of drug-likeness (QED) is 0.149. The molecule has 3 N–H and O–H groups in total. The highest BCUT2D eigenvalue weighted by Crippen LogP contribution is 2.41. The van der Waals surface area contributed by atoms with Crippen molar-refractivity contribution in [2.24, 2.45) is 0 Å². The lowest BCUT2D eigenvalue weighted by molar-refractivity contribution is -0.135. The van der Waals surface area contributed by atoms with Crippen LogP contribution in [0.3, 0.4) is 0 Å². The van der Waals surface area contributed by atoms with Gasteiger partial charge in [0.25, 0.3) is 0 Å². The number of amides is 2. The number of nitrogens with one attached hydrogen (secondary N) is 2. The smallest absolute Gasteiger partial charge is 0.248 e. The largest absolute Gasteiger partial charge is 0.387 e. The van der Waals surface area contributed by atoms with Crippen LogP contribution in [-0.2, 0) is 33.9 Å². The molecule has 11 heteroatoms. The van der Waals surface area contributed by atoms with E-state index in [9.17, 15) is 19.5 Å². The number of halogens is 2. The Labute approximate surface area is 250 Å². The first-order valence-electron chi connectivity index (χ1n) is 14.6. The molecule has 1 aliphatic rings. The van der Waals surface area contributed by atoms with Gasteiger partial charge in [0.2, 0.25) is 11.8 Å². The van der Waals surface area contributed by atoms with E-state index >= 15 is 0 Å². The number of hydrogen-bond donors (Lipinski definition) is 3. The van der Waals surface area contributed by atoms with Crippen molar-refractivity contribution < 1.29 is 19.5 Å². The summed E-state index contributed by atoms with van der Waals surface area (Å²) < 4.78 is 1.79. The number of aromatic nitrogens is 3. The lowest BCUT2D eigenvalue weighted by atomic mass is 9.99. The topological polar surface area (TPSA) is 120 Å². The van der Waals surface area contributed by atoms with Crippen LogP contribution in [0.4, 0.5) is 0 Å². The number of carbonyl (C=O) groups is 3. The van der Waals surface area contributed by atoms with Crippen molar-refractivity contribution in [3.05, 3.63) is 39.6 Å². The van der Waals surface area contributed by atoms with Crippen LogP contribution in [0.25, 0.3) is 22.2 Å². The molecule has 0 saturated heterocycles. The Balaban J connectivity index is 1.29. The lowest BCUT2D eigenvalue weighted by Gasteiger charge is -2.26. The predicted octanol–water partition coefficient (Wildman–Crippen LogP) is 5.43. The fourth-order valence-electron chi connectivity index (χ4n) is 5.46. The highest BCUT2D eigenvalue weighted by Gasteiger charge is 2.27. The third-order valence-electron chi connectivity index (χ3n) is 7.69. The van der Waals surface area contributed by atoms with Crippen LogP contribution in [-0.4, -0.2) is 62.6 Å². The van der Waals surface area contributed by atoms with Crippen molar-refractivity contribution in [1.29, 1.82) is 0 Å². The highest BCUT2D eigenvalue weighted by molar-refractivity contribution is 6.45. The summed E-state index contributed by atoms with van der Waals surface area (Å²) in [4.78, 5) is 39.8. The summed E-state index contributed by atoms with van der Waals surface area (Å²) in [5.41, 5.74) is 4.21. The molecule has 4 rings (SSSR count). The third-order valence-corrected chi connectivity index (χ3v) is 8.47. The van der Waals surface area contributed by atoms with Gasteiger partial charge in [-0.2, -0.15) is 5.10 Å². The van der Waals surface area contributed by atoms with Crippen LogP contribution < -0.4 is 5.32 Å². The Hall–Kier alpha value is -2.88. The third kappa shape index (κ3) is 8.11. The van der Waals surface area contributed by atoms with Gasteiger partial charge < -0.3 is 25.1 Å². The van der Waals surface area contributed by atoms with Crippen LogP contribution in [0.2, 0.25) is 10.0 Å². The minimum Gasteiger partial charge on any atom is -0.387 e. The number of aldehydes is 1. The first-order chi connectivity index (χ1) is 19.9. The fourth-order valence-corrected chi connectivity index (χ4v) is 5.86. The van der Waals surface area contributed by atoms with Gasteiger partial charge in [0.05, 0.1) is 27.8 Å². The SMILES string of the molecule is O=CCCCCCCCCCCC(=O)NCCn1ccc(-c2cc(Cl)c(Cl)c3[nH]c4c(c23)CN(C(=O)CO)CC4)n1. The number of benzene rings is 1. The summed E-state index contributed by atoms with van der Waals surface area (Å²) in [7, 11) is 0. The molecule has 1 aromatic carbocycles. The minimum atomic E-state index is -0.525. The molecule has 2 amide bonds. The second-order valence-electron chi connectivity index (χ2n) is 10.6. The summed E-state index contributed by atoms with van der Waals surface area (Å²) >= 11 is 13.1. The van der Waals surface area contributed by atoms with Gasteiger partial charge in [-0.1, -0.05) is 61.7 Å². The van der Waals surface area contributed by atoms with Crippen LogP contribution in [0.1, 0.15) is 75.5 Å². The van der Waals surface area contributed by atoms with Gasteiger partial charge in [0, 0.05) is 67.3 Å². The first-order valence-corrected chi connectivity index (χ1v) is 15.3. The average molecular weight is 605 g/mol. The van der Waals surface area contributed by atoms with E-state index in [0.717, 1.165) is 66.3 Å². The number of aliphatic hydroxyl groups is 1. The van der Waals surface area contributed by atoms with Crippen molar-refractivity contribution in [3.63, 3.8) is 0 Å². The molecular formula is C30H39Cl2N5O4. The normalized spacial score (nSPS) is 13.0. The number of aliphatic hydroxyl groups excluding tert-OH is 1. The monoisotopic (exact) mass is 603 g/mol. The number of fused-ring (bicyclic) bond motifs is 3. The number of aromatic amines is 1. The summed E-state index contributed by atoms with van der Waals surface area (Å²) in [6.07, 6.45) is 13.4. The molecule has 2 aromatic heterocycles. The molecule has 0 radical (unpaired) electrons. The summed E-state index contributed by atoms with van der Waals surface area (Å²) in [5, 5.41) is 18.8. The molecule has 1 aliphatic heterocycles. The Bertz CT molecular complexity index is 1350. The van der Waals surface area contributed by atoms with E-state index in [4.69, 9.17) is 28.3 Å². The number of H-pyrrole nitrogens is 1. The molecule has 222 valence electrons. The Morgan fingerprint density at radius 3 is 2.56 bits per heavy atom. The van der Waals surface area contributed by atoms with Crippen molar-refractivity contribution in [2.45, 2.75) is 83.7 Å². The van der Waals surface area contributed by atoms with Gasteiger partial charge >= 0.3 is 0 Å². The maximum atomic E-state index is 12.3. The average Bonchev–Trinajstić information content (AvgIpc) is 3.60. The van der Waals surface area contributed by atoms with E-state index in [0.29, 0.717) is 61.0 Å². The summed E-state index contributed by atoms with van der Waals surface area (Å²) in [6, 6.07) is 3.71. The van der Waals surface area contributed by atoms with Crippen LogP contribution in [0.15, 0.2) is 18.3 Å². The zero-order chi connectivity index (χ0) is 29.2. The van der Waals surface area contributed by atoms with E-state index < -0.39 is 6.61 Å². The molecule has 3 aromatic rings. The number of hydrogen-bond acceptors (Lipinski definition) is 5. The van der Waals surface area contributed by atoms with Gasteiger partial charge in [-0.3, -0.25) is 14.3 Å². The molecule has 0 spiro atoms. The first kappa shape index (κ1) is 31.1. The van der Waals surface area contributed by atoms with Crippen LogP contribution in [0, 0.1) is 0 Å². The molecular weight excluding hydrogens is 565 g/mol. The second kappa shape index (κ2) is 15.4. The van der Waals surface area contributed by atoms with Crippen LogP contribution >= 0.6 is 23.2 Å². The summed E-state index contributed by atoms with van der Waals surface area (Å²) in [6.45, 7) is 1.38. The maximum Gasteiger partial charge on any atom is 0.248 e. The molecule has 0 unspecified atom stereocenters. The Morgan fingerprint density at radius 2 is 1.83 bits per heavy atom. The summed E-state index contributed by atoms with van der Waals surface area (Å²) in [5.74, 6) is -0.255. The maximum absolute atomic E-state index is 12.3. The van der Waals surface area contributed by atoms with Crippen molar-refractivity contribution in [3.8, 4) is 11.3 Å². The molecule has 41 heavy (non-hydrogen) atoms. The number of unbranched alkanes of at least 4 members (excludes halogenated alkanes) is 8. The fraction of sp³-hybridized carbons (Fsp3) is 0.533. The molecule has 3 heterocycles. The molecule has 0 aliphatic carbocycles. The second-order valence-corrected chi connectivity index (χ2v) is 11.4. The van der Waals surface area contributed by atoms with Gasteiger partial charge in [-0.15, -0.1) is 0 Å². The molecule has 0 bridgehead atoms. The Kier molecular flexibility index (Phi) is 11.7.